The summed E-state index contributed by atoms with van der Waals surface area (Å²) in [6.45, 7) is 0.503. The van der Waals surface area contributed by atoms with E-state index in [1.807, 2.05) is 30.3 Å². The second kappa shape index (κ2) is 9.89. The van der Waals surface area contributed by atoms with Crippen molar-refractivity contribution in [1.82, 2.24) is 5.32 Å². The van der Waals surface area contributed by atoms with Crippen LogP contribution < -0.4 is 15.4 Å². The summed E-state index contributed by atoms with van der Waals surface area (Å²) in [4.78, 5) is 24.7. The highest BCUT2D eigenvalue weighted by Crippen LogP contribution is 2.13. The normalized spacial score (nSPS) is 10.0. The molecule has 0 saturated carbocycles. The summed E-state index contributed by atoms with van der Waals surface area (Å²) >= 11 is 0. The first kappa shape index (κ1) is 20.6. The number of methoxy groups -OCH3 is 1. The van der Waals surface area contributed by atoms with Crippen LogP contribution in [0.5, 0.6) is 5.75 Å². The molecule has 0 atom stereocenters. The van der Waals surface area contributed by atoms with Crippen molar-refractivity contribution < 1.29 is 14.3 Å². The molecule has 0 bridgehead atoms. The first-order valence-corrected chi connectivity index (χ1v) is 9.42. The third-order valence-electron chi connectivity index (χ3n) is 4.52. The molecule has 0 fully saturated rings. The van der Waals surface area contributed by atoms with Gasteiger partial charge in [-0.3, -0.25) is 9.59 Å². The summed E-state index contributed by atoms with van der Waals surface area (Å²) in [5.41, 5.74) is 3.01. The van der Waals surface area contributed by atoms with Gasteiger partial charge in [0.05, 0.1) is 18.7 Å². The molecule has 0 aliphatic rings. The molecule has 0 aromatic heterocycles. The number of benzene rings is 3. The molecule has 3 aromatic carbocycles. The Labute approximate surface area is 175 Å². The molecule has 6 nitrogen and oxygen atoms in total. The lowest BCUT2D eigenvalue weighted by molar-refractivity contribution is 0.0952. The fraction of sp³-hybridized carbons (Fsp3) is 0.125. The third kappa shape index (κ3) is 5.46. The minimum Gasteiger partial charge on any atom is -0.497 e. The van der Waals surface area contributed by atoms with Gasteiger partial charge in [-0.2, -0.15) is 5.26 Å². The standard InChI is InChI=1S/C24H21N3O3/c1-30-22-11-5-17(6-12-22)13-14-26-23(28)19-7-9-20(10-8-19)24(29)27-21-4-2-3-18(15-21)16-25/h2-12,15H,13-14H2,1H3,(H,26,28)(H,27,29). The van der Waals surface area contributed by atoms with E-state index in [4.69, 9.17) is 10.00 Å². The topological polar surface area (TPSA) is 91.2 Å². The van der Waals surface area contributed by atoms with E-state index in [0.717, 1.165) is 11.3 Å². The van der Waals surface area contributed by atoms with Crippen molar-refractivity contribution in [2.75, 3.05) is 19.0 Å². The van der Waals surface area contributed by atoms with Crippen LogP contribution in [-0.2, 0) is 6.42 Å². The Morgan fingerprint density at radius 3 is 2.23 bits per heavy atom. The Kier molecular flexibility index (Phi) is 6.80. The van der Waals surface area contributed by atoms with Gasteiger partial charge in [0, 0.05) is 23.4 Å². The van der Waals surface area contributed by atoms with Crippen LogP contribution in [0.2, 0.25) is 0 Å². The van der Waals surface area contributed by atoms with E-state index in [0.29, 0.717) is 35.3 Å². The highest BCUT2D eigenvalue weighted by atomic mass is 16.5. The Balaban J connectivity index is 1.53. The van der Waals surface area contributed by atoms with Gasteiger partial charge >= 0.3 is 0 Å². The van der Waals surface area contributed by atoms with Gasteiger partial charge in [-0.1, -0.05) is 18.2 Å². The molecule has 0 radical (unpaired) electrons. The monoisotopic (exact) mass is 399 g/mol. The summed E-state index contributed by atoms with van der Waals surface area (Å²) in [6, 6.07) is 22.8. The second-order valence-corrected chi connectivity index (χ2v) is 6.58. The minimum absolute atomic E-state index is 0.197. The molecule has 3 aromatic rings. The number of amides is 2. The van der Waals surface area contributed by atoms with Crippen LogP contribution in [-0.4, -0.2) is 25.5 Å². The van der Waals surface area contributed by atoms with E-state index in [2.05, 4.69) is 10.6 Å². The quantitative estimate of drug-likeness (QED) is 0.632. The number of nitrogens with one attached hydrogen (secondary N) is 2. The maximum atomic E-state index is 12.4. The van der Waals surface area contributed by atoms with Crippen LogP contribution in [0.25, 0.3) is 0 Å². The van der Waals surface area contributed by atoms with Crippen LogP contribution in [0.3, 0.4) is 0 Å². The smallest absolute Gasteiger partial charge is 0.255 e. The molecule has 30 heavy (non-hydrogen) atoms. The van der Waals surface area contributed by atoms with Crippen molar-refractivity contribution in [2.45, 2.75) is 6.42 Å². The molecule has 2 amide bonds. The van der Waals surface area contributed by atoms with Crippen LogP contribution in [0.1, 0.15) is 31.8 Å². The molecule has 2 N–H and O–H groups in total. The molecule has 0 aliphatic heterocycles. The Bertz CT molecular complexity index is 1070. The molecule has 6 heteroatoms. The lowest BCUT2D eigenvalue weighted by Crippen LogP contribution is -2.25. The highest BCUT2D eigenvalue weighted by molar-refractivity contribution is 6.05. The fourth-order valence-corrected chi connectivity index (χ4v) is 2.86. The highest BCUT2D eigenvalue weighted by Gasteiger charge is 2.09. The van der Waals surface area contributed by atoms with Crippen molar-refractivity contribution in [3.63, 3.8) is 0 Å². The van der Waals surface area contributed by atoms with Gasteiger partial charge in [-0.15, -0.1) is 0 Å². The molecule has 150 valence electrons. The maximum absolute atomic E-state index is 12.4. The average Bonchev–Trinajstić information content (AvgIpc) is 2.79. The van der Waals surface area contributed by atoms with E-state index in [1.54, 1.807) is 55.6 Å². The summed E-state index contributed by atoms with van der Waals surface area (Å²) in [5.74, 6) is 0.290. The minimum atomic E-state index is -0.309. The van der Waals surface area contributed by atoms with Crippen LogP contribution in [0.15, 0.2) is 72.8 Å². The summed E-state index contributed by atoms with van der Waals surface area (Å²) in [6.07, 6.45) is 0.706. The first-order chi connectivity index (χ1) is 14.6. The second-order valence-electron chi connectivity index (χ2n) is 6.58. The van der Waals surface area contributed by atoms with Crippen LogP contribution in [0, 0.1) is 11.3 Å². The molecule has 0 saturated heterocycles. The molecule has 0 heterocycles. The molecular weight excluding hydrogens is 378 g/mol. The van der Waals surface area contributed by atoms with Crippen molar-refractivity contribution in [3.05, 3.63) is 95.1 Å². The molecular formula is C24H21N3O3. The lowest BCUT2D eigenvalue weighted by Gasteiger charge is -2.08. The lowest BCUT2D eigenvalue weighted by atomic mass is 10.1. The zero-order valence-electron chi connectivity index (χ0n) is 16.5. The Morgan fingerprint density at radius 1 is 0.933 bits per heavy atom. The van der Waals surface area contributed by atoms with Crippen molar-refractivity contribution in [3.8, 4) is 11.8 Å². The molecule has 0 spiro atoms. The average molecular weight is 399 g/mol. The van der Waals surface area contributed by atoms with Crippen LogP contribution in [0.4, 0.5) is 5.69 Å². The Morgan fingerprint density at radius 2 is 1.60 bits per heavy atom. The SMILES string of the molecule is COc1ccc(CCNC(=O)c2ccc(C(=O)Nc3cccc(C#N)c3)cc2)cc1. The van der Waals surface area contributed by atoms with Crippen molar-refractivity contribution in [2.24, 2.45) is 0 Å². The number of rotatable bonds is 7. The largest absolute Gasteiger partial charge is 0.497 e. The molecule has 0 unspecified atom stereocenters. The number of ether oxygens (including phenoxy) is 1. The molecule has 0 aliphatic carbocycles. The van der Waals surface area contributed by atoms with E-state index >= 15 is 0 Å². The summed E-state index contributed by atoms with van der Waals surface area (Å²) < 4.78 is 5.13. The van der Waals surface area contributed by atoms with Gasteiger partial charge in [-0.25, -0.2) is 0 Å². The number of carbonyl (C=O) groups is 2. The number of hydrogen-bond acceptors (Lipinski definition) is 4. The van der Waals surface area contributed by atoms with E-state index in [9.17, 15) is 9.59 Å². The third-order valence-corrected chi connectivity index (χ3v) is 4.52. The zero-order valence-corrected chi connectivity index (χ0v) is 16.5. The van der Waals surface area contributed by atoms with Gasteiger partial charge < -0.3 is 15.4 Å². The van der Waals surface area contributed by atoms with Gasteiger partial charge in [-0.05, 0) is 66.6 Å². The predicted octanol–water partition coefficient (Wildman–Crippen LogP) is 3.79. The number of nitriles is 1. The van der Waals surface area contributed by atoms with E-state index in [-0.39, 0.29) is 11.8 Å². The Hall–Kier alpha value is -4.11. The van der Waals surface area contributed by atoms with E-state index in [1.165, 1.54) is 0 Å². The van der Waals surface area contributed by atoms with Crippen molar-refractivity contribution >= 4 is 17.5 Å². The number of nitrogens with zero attached hydrogens (tertiary/aromatic N) is 1. The number of carbonyl (C=O) groups excluding carboxylic acids is 2. The summed E-state index contributed by atoms with van der Waals surface area (Å²) in [5, 5.41) is 14.6. The van der Waals surface area contributed by atoms with Gasteiger partial charge in [0.1, 0.15) is 5.75 Å². The zero-order chi connectivity index (χ0) is 21.3. The predicted molar refractivity (Wildman–Crippen MR) is 115 cm³/mol. The first-order valence-electron chi connectivity index (χ1n) is 9.42. The molecule has 3 rings (SSSR count). The van der Waals surface area contributed by atoms with Crippen molar-refractivity contribution in [1.29, 1.82) is 5.26 Å². The van der Waals surface area contributed by atoms with Gasteiger partial charge in [0.25, 0.3) is 11.8 Å². The van der Waals surface area contributed by atoms with Gasteiger partial charge in [0.2, 0.25) is 0 Å². The number of hydrogen-bond donors (Lipinski definition) is 2. The maximum Gasteiger partial charge on any atom is 0.255 e. The summed E-state index contributed by atoms with van der Waals surface area (Å²) in [7, 11) is 1.62. The van der Waals surface area contributed by atoms with Gasteiger partial charge in [0.15, 0.2) is 0 Å². The van der Waals surface area contributed by atoms with E-state index < -0.39 is 0 Å². The fourth-order valence-electron chi connectivity index (χ4n) is 2.86. The number of anilines is 1. The van der Waals surface area contributed by atoms with Crippen LogP contribution >= 0.6 is 0 Å².